The molecule has 0 atom stereocenters. The number of benzene rings is 2. The van der Waals surface area contributed by atoms with Gasteiger partial charge in [-0.15, -0.1) is 0 Å². The summed E-state index contributed by atoms with van der Waals surface area (Å²) in [7, 11) is 0. The fraction of sp³-hybridized carbons (Fsp3) is 0. The van der Waals surface area contributed by atoms with Crippen LogP contribution in [0.3, 0.4) is 0 Å². The second-order valence-corrected chi connectivity index (χ2v) is 4.11. The molecule has 0 aliphatic heterocycles. The van der Waals surface area contributed by atoms with E-state index in [-0.39, 0.29) is 0 Å². The molecule has 0 aromatic heterocycles. The zero-order valence-electron chi connectivity index (χ0n) is 9.14. The summed E-state index contributed by atoms with van der Waals surface area (Å²) in [6.45, 7) is 0. The molecule has 2 aromatic carbocycles. The highest BCUT2D eigenvalue weighted by atomic mass is 35.5. The Bertz CT molecular complexity index is 524. The Morgan fingerprint density at radius 2 is 1.12 bits per heavy atom. The fourth-order valence-electron chi connectivity index (χ4n) is 1.45. The zero-order chi connectivity index (χ0) is 12.1. The quantitative estimate of drug-likeness (QED) is 0.579. The van der Waals surface area contributed by atoms with Crippen LogP contribution in [-0.4, -0.2) is 6.29 Å². The van der Waals surface area contributed by atoms with Crippen LogP contribution in [0.4, 0.5) is 0 Å². The minimum Gasteiger partial charge on any atom is -0.298 e. The van der Waals surface area contributed by atoms with Gasteiger partial charge in [0, 0.05) is 10.6 Å². The Kier molecular flexibility index (Phi) is 3.73. The van der Waals surface area contributed by atoms with Gasteiger partial charge < -0.3 is 0 Å². The number of carbonyl (C=O) groups excluding carboxylic acids is 1. The lowest BCUT2D eigenvalue weighted by atomic mass is 10.1. The van der Waals surface area contributed by atoms with Crippen LogP contribution in [0.2, 0.25) is 5.02 Å². The van der Waals surface area contributed by atoms with Crippen molar-refractivity contribution in [2.24, 2.45) is 0 Å². The van der Waals surface area contributed by atoms with Crippen LogP contribution >= 0.6 is 11.6 Å². The Labute approximate surface area is 105 Å². The normalized spacial score (nSPS) is 10.6. The topological polar surface area (TPSA) is 17.1 Å². The van der Waals surface area contributed by atoms with Crippen LogP contribution < -0.4 is 0 Å². The van der Waals surface area contributed by atoms with Gasteiger partial charge in [0.05, 0.1) is 0 Å². The average Bonchev–Trinajstić information content (AvgIpc) is 2.39. The Morgan fingerprint density at radius 1 is 0.706 bits per heavy atom. The van der Waals surface area contributed by atoms with Crippen molar-refractivity contribution in [2.45, 2.75) is 0 Å². The Balaban J connectivity index is 2.14. The molecule has 0 saturated heterocycles. The number of aldehydes is 1. The molecular formula is C15H11ClO. The first-order valence-corrected chi connectivity index (χ1v) is 5.64. The maximum absolute atomic E-state index is 10.5. The SMILES string of the molecule is O=Cc1ccc(C=Cc2ccc(Cl)cc2)cc1. The molecule has 2 aromatic rings. The van der Waals surface area contributed by atoms with Gasteiger partial charge in [0.15, 0.2) is 0 Å². The lowest BCUT2D eigenvalue weighted by molar-refractivity contribution is 0.112. The van der Waals surface area contributed by atoms with Gasteiger partial charge in [-0.3, -0.25) is 4.79 Å². The monoisotopic (exact) mass is 242 g/mol. The number of hydrogen-bond acceptors (Lipinski definition) is 1. The summed E-state index contributed by atoms with van der Waals surface area (Å²) >= 11 is 5.81. The third-order valence-electron chi connectivity index (χ3n) is 2.41. The van der Waals surface area contributed by atoms with E-state index in [9.17, 15) is 4.79 Å². The van der Waals surface area contributed by atoms with Crippen LogP contribution in [0.5, 0.6) is 0 Å². The minimum atomic E-state index is 0.689. The van der Waals surface area contributed by atoms with Crippen molar-refractivity contribution >= 4 is 30.0 Å². The van der Waals surface area contributed by atoms with E-state index >= 15 is 0 Å². The molecule has 17 heavy (non-hydrogen) atoms. The summed E-state index contributed by atoms with van der Waals surface area (Å²) in [6, 6.07) is 15.1. The van der Waals surface area contributed by atoms with Gasteiger partial charge in [-0.05, 0) is 23.3 Å². The molecule has 2 rings (SSSR count). The first-order chi connectivity index (χ1) is 8.28. The van der Waals surface area contributed by atoms with Gasteiger partial charge >= 0.3 is 0 Å². The molecule has 0 amide bonds. The Hall–Kier alpha value is -1.86. The highest BCUT2D eigenvalue weighted by Crippen LogP contribution is 2.12. The smallest absolute Gasteiger partial charge is 0.150 e. The maximum Gasteiger partial charge on any atom is 0.150 e. The third-order valence-corrected chi connectivity index (χ3v) is 2.66. The molecule has 2 heteroatoms. The van der Waals surface area contributed by atoms with E-state index in [1.807, 2.05) is 48.6 Å². The molecule has 0 fully saturated rings. The number of hydrogen-bond donors (Lipinski definition) is 0. The van der Waals surface area contributed by atoms with Crippen LogP contribution in [-0.2, 0) is 0 Å². The summed E-state index contributed by atoms with van der Waals surface area (Å²) in [6.07, 6.45) is 4.84. The van der Waals surface area contributed by atoms with E-state index in [1.165, 1.54) is 0 Å². The summed E-state index contributed by atoms with van der Waals surface area (Å²) in [5.41, 5.74) is 2.84. The maximum atomic E-state index is 10.5. The van der Waals surface area contributed by atoms with Crippen molar-refractivity contribution in [3.8, 4) is 0 Å². The third kappa shape index (κ3) is 3.30. The van der Waals surface area contributed by atoms with Gasteiger partial charge in [0.1, 0.15) is 6.29 Å². The second kappa shape index (κ2) is 5.46. The van der Waals surface area contributed by atoms with E-state index in [0.29, 0.717) is 5.56 Å². The molecule has 0 unspecified atom stereocenters. The van der Waals surface area contributed by atoms with E-state index in [4.69, 9.17) is 11.6 Å². The second-order valence-electron chi connectivity index (χ2n) is 3.67. The van der Waals surface area contributed by atoms with Crippen molar-refractivity contribution in [1.29, 1.82) is 0 Å². The highest BCUT2D eigenvalue weighted by Gasteiger charge is 1.91. The number of rotatable bonds is 3. The molecule has 0 N–H and O–H groups in total. The molecule has 1 nitrogen and oxygen atoms in total. The van der Waals surface area contributed by atoms with Crippen LogP contribution in [0, 0.1) is 0 Å². The van der Waals surface area contributed by atoms with E-state index in [1.54, 1.807) is 12.1 Å². The molecule has 0 radical (unpaired) electrons. The fourth-order valence-corrected chi connectivity index (χ4v) is 1.58. The zero-order valence-corrected chi connectivity index (χ0v) is 9.89. The van der Waals surface area contributed by atoms with Gasteiger partial charge in [0.2, 0.25) is 0 Å². The summed E-state index contributed by atoms with van der Waals surface area (Å²) < 4.78 is 0. The van der Waals surface area contributed by atoms with Crippen LogP contribution in [0.25, 0.3) is 12.2 Å². The minimum absolute atomic E-state index is 0.689. The highest BCUT2D eigenvalue weighted by molar-refractivity contribution is 6.30. The van der Waals surface area contributed by atoms with E-state index < -0.39 is 0 Å². The lowest BCUT2D eigenvalue weighted by Gasteiger charge is -1.95. The molecule has 0 saturated carbocycles. The van der Waals surface area contributed by atoms with Crippen molar-refractivity contribution < 1.29 is 4.79 Å². The molecule has 0 heterocycles. The van der Waals surface area contributed by atoms with Gasteiger partial charge in [-0.2, -0.15) is 0 Å². The summed E-state index contributed by atoms with van der Waals surface area (Å²) in [4.78, 5) is 10.5. The van der Waals surface area contributed by atoms with Gasteiger partial charge in [0.25, 0.3) is 0 Å². The van der Waals surface area contributed by atoms with Crippen molar-refractivity contribution in [3.05, 3.63) is 70.2 Å². The molecule has 0 spiro atoms. The number of halogens is 1. The van der Waals surface area contributed by atoms with Crippen molar-refractivity contribution in [3.63, 3.8) is 0 Å². The molecule has 0 bridgehead atoms. The van der Waals surface area contributed by atoms with Gasteiger partial charge in [-0.1, -0.05) is 60.2 Å². The molecule has 0 aliphatic rings. The molecular weight excluding hydrogens is 232 g/mol. The summed E-state index contributed by atoms with van der Waals surface area (Å²) in [5, 5.41) is 0.734. The predicted octanol–water partition coefficient (Wildman–Crippen LogP) is 4.32. The lowest BCUT2D eigenvalue weighted by Crippen LogP contribution is -1.78. The van der Waals surface area contributed by atoms with Crippen molar-refractivity contribution in [1.82, 2.24) is 0 Å². The van der Waals surface area contributed by atoms with Gasteiger partial charge in [-0.25, -0.2) is 0 Å². The van der Waals surface area contributed by atoms with Crippen LogP contribution in [0.15, 0.2) is 48.5 Å². The van der Waals surface area contributed by atoms with E-state index in [2.05, 4.69) is 0 Å². The largest absolute Gasteiger partial charge is 0.298 e. The van der Waals surface area contributed by atoms with Crippen molar-refractivity contribution in [2.75, 3.05) is 0 Å². The Morgan fingerprint density at radius 3 is 1.59 bits per heavy atom. The van der Waals surface area contributed by atoms with E-state index in [0.717, 1.165) is 22.4 Å². The average molecular weight is 243 g/mol. The number of carbonyl (C=O) groups is 1. The first-order valence-electron chi connectivity index (χ1n) is 5.27. The van der Waals surface area contributed by atoms with Crippen LogP contribution in [0.1, 0.15) is 21.5 Å². The molecule has 0 aliphatic carbocycles. The first kappa shape index (κ1) is 11.6. The standard InChI is InChI=1S/C15H11ClO/c16-15-9-7-13(8-10-15)2-1-12-3-5-14(11-17)6-4-12/h1-11H. The molecule has 84 valence electrons. The summed E-state index contributed by atoms with van der Waals surface area (Å²) in [5.74, 6) is 0. The predicted molar refractivity (Wildman–Crippen MR) is 72.2 cm³/mol.